The van der Waals surface area contributed by atoms with Crippen LogP contribution in [-0.4, -0.2) is 46.0 Å². The van der Waals surface area contributed by atoms with E-state index >= 15 is 0 Å². The molecule has 0 unspecified atom stereocenters. The molecule has 0 aromatic carbocycles. The Morgan fingerprint density at radius 3 is 2.84 bits per heavy atom. The van der Waals surface area contributed by atoms with E-state index in [1.807, 2.05) is 20.8 Å². The highest BCUT2D eigenvalue weighted by Gasteiger charge is 2.35. The van der Waals surface area contributed by atoms with Crippen molar-refractivity contribution in [2.75, 3.05) is 13.1 Å². The topological polar surface area (TPSA) is 75.2 Å². The maximum atomic E-state index is 12.4. The summed E-state index contributed by atoms with van der Waals surface area (Å²) in [5.74, 6) is 0.0842. The highest BCUT2D eigenvalue weighted by Crippen LogP contribution is 2.19. The highest BCUT2D eigenvalue weighted by atomic mass is 32.1. The molecule has 1 aromatic rings. The fraction of sp³-hybridized carbons (Fsp3) is 0.667. The standard InChI is InChI=1S/C12H18N4O2S/c1-7(2)6-9-10(17)13-4-5-16(9)12(18)11-15-14-8(3)19-11/h7,9H,4-6H2,1-3H3,(H,13,17)/t9-/m0/s1. The van der Waals surface area contributed by atoms with Gasteiger partial charge < -0.3 is 10.2 Å². The molecule has 104 valence electrons. The molecule has 1 saturated heterocycles. The number of aromatic nitrogens is 2. The summed E-state index contributed by atoms with van der Waals surface area (Å²) in [6, 6.07) is -0.398. The summed E-state index contributed by atoms with van der Waals surface area (Å²) in [5, 5.41) is 11.7. The summed E-state index contributed by atoms with van der Waals surface area (Å²) in [4.78, 5) is 26.0. The zero-order chi connectivity index (χ0) is 14.0. The molecule has 1 aliphatic heterocycles. The fourth-order valence-corrected chi connectivity index (χ4v) is 2.79. The van der Waals surface area contributed by atoms with E-state index < -0.39 is 6.04 Å². The monoisotopic (exact) mass is 282 g/mol. The number of piperazine rings is 1. The Morgan fingerprint density at radius 1 is 1.53 bits per heavy atom. The van der Waals surface area contributed by atoms with E-state index in [0.717, 1.165) is 5.01 Å². The van der Waals surface area contributed by atoms with Crippen LogP contribution in [0.25, 0.3) is 0 Å². The second kappa shape index (κ2) is 5.64. The van der Waals surface area contributed by atoms with Gasteiger partial charge in [0.25, 0.3) is 5.91 Å². The van der Waals surface area contributed by atoms with E-state index in [2.05, 4.69) is 15.5 Å². The number of rotatable bonds is 3. The largest absolute Gasteiger partial charge is 0.353 e. The molecule has 1 fully saturated rings. The molecule has 1 aliphatic rings. The smallest absolute Gasteiger partial charge is 0.285 e. The molecular weight excluding hydrogens is 264 g/mol. The van der Waals surface area contributed by atoms with Crippen molar-refractivity contribution in [2.24, 2.45) is 5.92 Å². The van der Waals surface area contributed by atoms with Crippen molar-refractivity contribution < 1.29 is 9.59 Å². The van der Waals surface area contributed by atoms with E-state index in [1.165, 1.54) is 11.3 Å². The van der Waals surface area contributed by atoms with Gasteiger partial charge in [0, 0.05) is 13.1 Å². The fourth-order valence-electron chi connectivity index (χ4n) is 2.14. The molecule has 0 spiro atoms. The van der Waals surface area contributed by atoms with Crippen molar-refractivity contribution >= 4 is 23.2 Å². The minimum Gasteiger partial charge on any atom is -0.353 e. The van der Waals surface area contributed by atoms with Crippen molar-refractivity contribution in [3.8, 4) is 0 Å². The van der Waals surface area contributed by atoms with E-state index in [0.29, 0.717) is 30.4 Å². The lowest BCUT2D eigenvalue weighted by molar-refractivity contribution is -0.128. The lowest BCUT2D eigenvalue weighted by atomic mass is 10.00. The lowest BCUT2D eigenvalue weighted by Crippen LogP contribution is -2.57. The summed E-state index contributed by atoms with van der Waals surface area (Å²) >= 11 is 1.27. The van der Waals surface area contributed by atoms with E-state index in [1.54, 1.807) is 4.90 Å². The van der Waals surface area contributed by atoms with Crippen LogP contribution in [0.1, 0.15) is 35.1 Å². The SMILES string of the molecule is Cc1nnc(C(=O)N2CCNC(=O)[C@@H]2CC(C)C)s1. The van der Waals surface area contributed by atoms with Crippen molar-refractivity contribution in [3.63, 3.8) is 0 Å². The maximum Gasteiger partial charge on any atom is 0.285 e. The predicted molar refractivity (Wildman–Crippen MR) is 71.9 cm³/mol. The van der Waals surface area contributed by atoms with Crippen LogP contribution in [0, 0.1) is 12.8 Å². The second-order valence-corrected chi connectivity index (χ2v) is 6.24. The minimum atomic E-state index is -0.398. The first-order valence-electron chi connectivity index (χ1n) is 6.38. The molecule has 7 heteroatoms. The first-order chi connectivity index (χ1) is 8.99. The Kier molecular flexibility index (Phi) is 4.14. The molecule has 19 heavy (non-hydrogen) atoms. The highest BCUT2D eigenvalue weighted by molar-refractivity contribution is 7.13. The molecule has 1 aromatic heterocycles. The summed E-state index contributed by atoms with van der Waals surface area (Å²) in [6.07, 6.45) is 0.662. The number of nitrogens with one attached hydrogen (secondary N) is 1. The first-order valence-corrected chi connectivity index (χ1v) is 7.19. The Labute approximate surface area is 116 Å². The third-order valence-corrected chi connectivity index (χ3v) is 3.82. The van der Waals surface area contributed by atoms with Crippen LogP contribution in [0.4, 0.5) is 0 Å². The zero-order valence-corrected chi connectivity index (χ0v) is 12.2. The molecule has 0 bridgehead atoms. The number of hydrogen-bond acceptors (Lipinski definition) is 5. The number of carbonyl (C=O) groups excluding carboxylic acids is 2. The summed E-state index contributed by atoms with van der Waals surface area (Å²) in [6.45, 7) is 6.92. The van der Waals surface area contributed by atoms with Gasteiger partial charge in [0.1, 0.15) is 11.0 Å². The van der Waals surface area contributed by atoms with Crippen LogP contribution < -0.4 is 5.32 Å². The number of nitrogens with zero attached hydrogens (tertiary/aromatic N) is 3. The molecule has 1 N–H and O–H groups in total. The van der Waals surface area contributed by atoms with Gasteiger partial charge in [0.2, 0.25) is 10.9 Å². The van der Waals surface area contributed by atoms with E-state index in [9.17, 15) is 9.59 Å². The molecule has 2 rings (SSSR count). The Morgan fingerprint density at radius 2 is 2.26 bits per heavy atom. The van der Waals surface area contributed by atoms with Gasteiger partial charge in [-0.05, 0) is 19.3 Å². The van der Waals surface area contributed by atoms with Crippen molar-refractivity contribution in [1.29, 1.82) is 0 Å². The Bertz CT molecular complexity index is 486. The van der Waals surface area contributed by atoms with Gasteiger partial charge in [-0.3, -0.25) is 9.59 Å². The quantitative estimate of drug-likeness (QED) is 0.891. The molecule has 2 heterocycles. The number of aryl methyl sites for hydroxylation is 1. The molecule has 0 saturated carbocycles. The van der Waals surface area contributed by atoms with Gasteiger partial charge in [-0.15, -0.1) is 10.2 Å². The van der Waals surface area contributed by atoms with Crippen molar-refractivity contribution in [1.82, 2.24) is 20.4 Å². The average Bonchev–Trinajstić information content (AvgIpc) is 2.77. The van der Waals surface area contributed by atoms with Gasteiger partial charge in [0.15, 0.2) is 0 Å². The first kappa shape index (κ1) is 13.9. The predicted octanol–water partition coefficient (Wildman–Crippen LogP) is 0.833. The molecule has 0 aliphatic carbocycles. The van der Waals surface area contributed by atoms with Crippen LogP contribution >= 0.6 is 11.3 Å². The van der Waals surface area contributed by atoms with Gasteiger partial charge in [-0.1, -0.05) is 25.2 Å². The molecule has 2 amide bonds. The normalized spacial score (nSPS) is 19.7. The number of carbonyl (C=O) groups is 2. The number of hydrogen-bond donors (Lipinski definition) is 1. The molecule has 1 atom stereocenters. The van der Waals surface area contributed by atoms with Crippen LogP contribution in [0.15, 0.2) is 0 Å². The zero-order valence-electron chi connectivity index (χ0n) is 11.3. The Hall–Kier alpha value is -1.50. The van der Waals surface area contributed by atoms with Gasteiger partial charge in [-0.25, -0.2) is 0 Å². The molecule has 6 nitrogen and oxygen atoms in total. The van der Waals surface area contributed by atoms with E-state index in [-0.39, 0.29) is 11.8 Å². The summed E-state index contributed by atoms with van der Waals surface area (Å²) < 4.78 is 0. The Balaban J connectivity index is 2.19. The van der Waals surface area contributed by atoms with Crippen LogP contribution in [-0.2, 0) is 4.79 Å². The second-order valence-electron chi connectivity index (χ2n) is 5.06. The van der Waals surface area contributed by atoms with Crippen LogP contribution in [0.3, 0.4) is 0 Å². The van der Waals surface area contributed by atoms with Crippen molar-refractivity contribution in [3.05, 3.63) is 10.0 Å². The summed E-state index contributed by atoms with van der Waals surface area (Å²) in [5.41, 5.74) is 0. The van der Waals surface area contributed by atoms with Crippen molar-refractivity contribution in [2.45, 2.75) is 33.2 Å². The number of amides is 2. The third kappa shape index (κ3) is 3.09. The van der Waals surface area contributed by atoms with E-state index in [4.69, 9.17) is 0 Å². The lowest BCUT2D eigenvalue weighted by Gasteiger charge is -2.35. The minimum absolute atomic E-state index is 0.0745. The van der Waals surface area contributed by atoms with Gasteiger partial charge in [0.05, 0.1) is 0 Å². The van der Waals surface area contributed by atoms with Gasteiger partial charge >= 0.3 is 0 Å². The molecule has 0 radical (unpaired) electrons. The molecular formula is C12H18N4O2S. The maximum absolute atomic E-state index is 12.4. The summed E-state index contributed by atoms with van der Waals surface area (Å²) in [7, 11) is 0. The van der Waals surface area contributed by atoms with Gasteiger partial charge in [-0.2, -0.15) is 0 Å². The third-order valence-electron chi connectivity index (χ3n) is 3.00. The van der Waals surface area contributed by atoms with Crippen LogP contribution in [0.2, 0.25) is 0 Å². The average molecular weight is 282 g/mol. The van der Waals surface area contributed by atoms with Crippen LogP contribution in [0.5, 0.6) is 0 Å².